The molecule has 78 valence electrons. The minimum Gasteiger partial charge on any atom is -0.390 e. The highest BCUT2D eigenvalue weighted by Crippen LogP contribution is 2.25. The van der Waals surface area contributed by atoms with Gasteiger partial charge >= 0.3 is 0 Å². The van der Waals surface area contributed by atoms with Crippen molar-refractivity contribution in [3.63, 3.8) is 0 Å². The van der Waals surface area contributed by atoms with E-state index in [1.54, 1.807) is 18.4 Å². The van der Waals surface area contributed by atoms with Gasteiger partial charge in [0.15, 0.2) is 0 Å². The molecule has 2 aromatic rings. The minimum absolute atomic E-state index is 0.0785. The van der Waals surface area contributed by atoms with Gasteiger partial charge in [-0.25, -0.2) is 9.37 Å². The quantitative estimate of drug-likeness (QED) is 0.849. The van der Waals surface area contributed by atoms with E-state index in [-0.39, 0.29) is 12.4 Å². The largest absolute Gasteiger partial charge is 0.390 e. The summed E-state index contributed by atoms with van der Waals surface area (Å²) in [6.07, 6.45) is 0. The summed E-state index contributed by atoms with van der Waals surface area (Å²) in [5.74, 6) is -0.228. The molecule has 1 aromatic carbocycles. The number of aryl methyl sites for hydroxylation is 1. The first-order valence-corrected chi connectivity index (χ1v) is 5.40. The zero-order chi connectivity index (χ0) is 10.8. The molecule has 1 heterocycles. The van der Waals surface area contributed by atoms with Crippen LogP contribution in [0.2, 0.25) is 0 Å². The lowest BCUT2D eigenvalue weighted by Crippen LogP contribution is -1.85. The van der Waals surface area contributed by atoms with Crippen LogP contribution >= 0.6 is 11.3 Å². The van der Waals surface area contributed by atoms with Gasteiger partial charge in [-0.05, 0) is 18.6 Å². The predicted molar refractivity (Wildman–Crippen MR) is 58.2 cm³/mol. The molecule has 0 aliphatic rings. The summed E-state index contributed by atoms with van der Waals surface area (Å²) in [7, 11) is 0. The van der Waals surface area contributed by atoms with Crippen molar-refractivity contribution in [2.75, 3.05) is 0 Å². The van der Waals surface area contributed by atoms with Crippen LogP contribution in [0.25, 0.3) is 10.6 Å². The van der Waals surface area contributed by atoms with Gasteiger partial charge < -0.3 is 5.11 Å². The smallest absolute Gasteiger partial charge is 0.126 e. The molecular weight excluding hydrogens is 213 g/mol. The average Bonchev–Trinajstić information content (AvgIpc) is 2.70. The monoisotopic (exact) mass is 223 g/mol. The zero-order valence-corrected chi connectivity index (χ0v) is 9.01. The SMILES string of the molecule is Cc1ccc(-c2nc(CO)cs2)cc1F. The Bertz CT molecular complexity index is 481. The fourth-order valence-corrected chi connectivity index (χ4v) is 2.05. The summed E-state index contributed by atoms with van der Waals surface area (Å²) >= 11 is 1.40. The first kappa shape index (κ1) is 10.3. The number of thiazole rings is 1. The molecular formula is C11H10FNOS. The van der Waals surface area contributed by atoms with Crippen LogP contribution in [0.1, 0.15) is 11.3 Å². The Balaban J connectivity index is 2.40. The van der Waals surface area contributed by atoms with Crippen molar-refractivity contribution in [1.82, 2.24) is 4.98 Å². The van der Waals surface area contributed by atoms with Crippen molar-refractivity contribution in [1.29, 1.82) is 0 Å². The second kappa shape index (κ2) is 4.08. The summed E-state index contributed by atoms with van der Waals surface area (Å²) in [6.45, 7) is 1.64. The Morgan fingerprint density at radius 1 is 1.47 bits per heavy atom. The number of aliphatic hydroxyl groups is 1. The van der Waals surface area contributed by atoms with Crippen LogP contribution in [0.3, 0.4) is 0 Å². The zero-order valence-electron chi connectivity index (χ0n) is 8.20. The maximum absolute atomic E-state index is 13.3. The van der Waals surface area contributed by atoms with Crippen molar-refractivity contribution in [3.8, 4) is 10.6 Å². The molecule has 15 heavy (non-hydrogen) atoms. The third kappa shape index (κ3) is 2.06. The molecule has 0 spiro atoms. The molecule has 1 N–H and O–H groups in total. The van der Waals surface area contributed by atoms with Crippen LogP contribution in [-0.2, 0) is 6.61 Å². The van der Waals surface area contributed by atoms with Gasteiger partial charge in [-0.15, -0.1) is 11.3 Å². The van der Waals surface area contributed by atoms with Gasteiger partial charge in [-0.1, -0.05) is 12.1 Å². The molecule has 2 rings (SSSR count). The third-order valence-corrected chi connectivity index (χ3v) is 3.07. The van der Waals surface area contributed by atoms with Gasteiger partial charge in [0, 0.05) is 10.9 Å². The molecule has 0 saturated carbocycles. The van der Waals surface area contributed by atoms with Crippen molar-refractivity contribution < 1.29 is 9.50 Å². The summed E-state index contributed by atoms with van der Waals surface area (Å²) in [5, 5.41) is 11.4. The number of rotatable bonds is 2. The summed E-state index contributed by atoms with van der Waals surface area (Å²) in [5.41, 5.74) is 2.00. The Hall–Kier alpha value is -1.26. The maximum Gasteiger partial charge on any atom is 0.126 e. The fourth-order valence-electron chi connectivity index (χ4n) is 1.24. The highest BCUT2D eigenvalue weighted by Gasteiger charge is 2.06. The van der Waals surface area contributed by atoms with Crippen LogP contribution in [0.4, 0.5) is 4.39 Å². The van der Waals surface area contributed by atoms with Gasteiger partial charge in [0.05, 0.1) is 12.3 Å². The number of nitrogens with zero attached hydrogens (tertiary/aromatic N) is 1. The average molecular weight is 223 g/mol. The van der Waals surface area contributed by atoms with E-state index in [1.807, 2.05) is 6.07 Å². The second-order valence-electron chi connectivity index (χ2n) is 3.27. The summed E-state index contributed by atoms with van der Waals surface area (Å²) in [4.78, 5) is 4.17. The Morgan fingerprint density at radius 3 is 2.87 bits per heavy atom. The predicted octanol–water partition coefficient (Wildman–Crippen LogP) is 2.75. The number of hydrogen-bond acceptors (Lipinski definition) is 3. The molecule has 0 aliphatic carbocycles. The molecule has 4 heteroatoms. The van der Waals surface area contributed by atoms with Crippen molar-refractivity contribution >= 4 is 11.3 Å². The van der Waals surface area contributed by atoms with Gasteiger partial charge in [0.2, 0.25) is 0 Å². The first-order chi connectivity index (χ1) is 7.20. The standard InChI is InChI=1S/C11H10FNOS/c1-7-2-3-8(4-10(7)12)11-13-9(5-14)6-15-11/h2-4,6,14H,5H2,1H3. The van der Waals surface area contributed by atoms with Crippen molar-refractivity contribution in [2.24, 2.45) is 0 Å². The van der Waals surface area contributed by atoms with Gasteiger partial charge in [0.25, 0.3) is 0 Å². The fraction of sp³-hybridized carbons (Fsp3) is 0.182. The normalized spacial score (nSPS) is 10.6. The summed E-state index contributed by atoms with van der Waals surface area (Å²) < 4.78 is 13.3. The van der Waals surface area contributed by atoms with Gasteiger partial charge in [0.1, 0.15) is 10.8 Å². The van der Waals surface area contributed by atoms with Crippen molar-refractivity contribution in [3.05, 3.63) is 40.7 Å². The molecule has 0 aliphatic heterocycles. The third-order valence-electron chi connectivity index (χ3n) is 2.13. The van der Waals surface area contributed by atoms with E-state index in [4.69, 9.17) is 5.11 Å². The number of benzene rings is 1. The molecule has 1 aromatic heterocycles. The molecule has 0 atom stereocenters. The molecule has 0 radical (unpaired) electrons. The number of aliphatic hydroxyl groups excluding tert-OH is 1. The first-order valence-electron chi connectivity index (χ1n) is 4.52. The van der Waals surface area contributed by atoms with E-state index >= 15 is 0 Å². The van der Waals surface area contributed by atoms with E-state index in [2.05, 4.69) is 4.98 Å². The topological polar surface area (TPSA) is 33.1 Å². The van der Waals surface area contributed by atoms with Crippen LogP contribution < -0.4 is 0 Å². The van der Waals surface area contributed by atoms with Gasteiger partial charge in [-0.3, -0.25) is 0 Å². The van der Waals surface area contributed by atoms with E-state index in [0.29, 0.717) is 11.3 Å². The highest BCUT2D eigenvalue weighted by atomic mass is 32.1. The Morgan fingerprint density at radius 2 is 2.27 bits per heavy atom. The number of aromatic nitrogens is 1. The molecule has 2 nitrogen and oxygen atoms in total. The van der Waals surface area contributed by atoms with E-state index in [1.165, 1.54) is 17.4 Å². The van der Waals surface area contributed by atoms with Gasteiger partial charge in [-0.2, -0.15) is 0 Å². The van der Waals surface area contributed by atoms with E-state index < -0.39 is 0 Å². The van der Waals surface area contributed by atoms with E-state index in [0.717, 1.165) is 10.6 Å². The Labute approximate surface area is 91.0 Å². The lowest BCUT2D eigenvalue weighted by molar-refractivity contribution is 0.278. The number of halogens is 1. The van der Waals surface area contributed by atoms with Crippen LogP contribution in [0.5, 0.6) is 0 Å². The van der Waals surface area contributed by atoms with Crippen LogP contribution in [-0.4, -0.2) is 10.1 Å². The molecule has 0 fully saturated rings. The number of hydrogen-bond donors (Lipinski definition) is 1. The van der Waals surface area contributed by atoms with Crippen LogP contribution in [0, 0.1) is 12.7 Å². The molecule has 0 saturated heterocycles. The molecule has 0 unspecified atom stereocenters. The highest BCUT2D eigenvalue weighted by molar-refractivity contribution is 7.13. The second-order valence-corrected chi connectivity index (χ2v) is 4.12. The van der Waals surface area contributed by atoms with Crippen LogP contribution in [0.15, 0.2) is 23.6 Å². The molecule has 0 bridgehead atoms. The van der Waals surface area contributed by atoms with E-state index in [9.17, 15) is 4.39 Å². The van der Waals surface area contributed by atoms with Crippen molar-refractivity contribution in [2.45, 2.75) is 13.5 Å². The lowest BCUT2D eigenvalue weighted by atomic mass is 10.1. The molecule has 0 amide bonds. The maximum atomic E-state index is 13.3. The summed E-state index contributed by atoms with van der Waals surface area (Å²) in [6, 6.07) is 5.03. The Kier molecular flexibility index (Phi) is 2.79. The minimum atomic E-state index is -0.228. The lowest BCUT2D eigenvalue weighted by Gasteiger charge is -1.99.